The van der Waals surface area contributed by atoms with E-state index in [1.54, 1.807) is 0 Å². The quantitative estimate of drug-likeness (QED) is 0.872. The van der Waals surface area contributed by atoms with Crippen LogP contribution in [0.15, 0.2) is 30.3 Å². The van der Waals surface area contributed by atoms with Crippen LogP contribution in [-0.2, 0) is 4.79 Å². The van der Waals surface area contributed by atoms with Gasteiger partial charge in [-0.1, -0.05) is 18.2 Å². The number of rotatable bonds is 5. The average molecular weight is 320 g/mol. The predicted molar refractivity (Wildman–Crippen MR) is 88.0 cm³/mol. The lowest BCUT2D eigenvalue weighted by molar-refractivity contribution is -0.123. The molecule has 0 aromatic heterocycles. The number of anilines is 1. The molecule has 2 rings (SSSR count). The van der Waals surface area contributed by atoms with E-state index in [2.05, 4.69) is 29.3 Å². The molecular formula is C14H23Cl2N3O. The zero-order valence-electron chi connectivity index (χ0n) is 11.8. The summed E-state index contributed by atoms with van der Waals surface area (Å²) in [5, 5.41) is 2.93. The van der Waals surface area contributed by atoms with Crippen molar-refractivity contribution in [2.45, 2.75) is 31.3 Å². The van der Waals surface area contributed by atoms with Crippen LogP contribution in [0.2, 0.25) is 0 Å². The molecule has 1 atom stereocenters. The second-order valence-electron chi connectivity index (χ2n) is 5.16. The minimum Gasteiger partial charge on any atom is -0.370 e. The van der Waals surface area contributed by atoms with E-state index < -0.39 is 5.54 Å². The smallest absolute Gasteiger partial charge is 0.240 e. The summed E-state index contributed by atoms with van der Waals surface area (Å²) in [4.78, 5) is 13.9. The normalized spacial score (nSPS) is 16.1. The number of benzene rings is 1. The summed E-state index contributed by atoms with van der Waals surface area (Å²) in [6.07, 6.45) is 1.61. The summed E-state index contributed by atoms with van der Waals surface area (Å²) < 4.78 is 0. The minimum atomic E-state index is -0.578. The zero-order chi connectivity index (χ0) is 13.2. The van der Waals surface area contributed by atoms with Crippen molar-refractivity contribution in [3.63, 3.8) is 0 Å². The lowest BCUT2D eigenvalue weighted by Gasteiger charge is -2.27. The summed E-state index contributed by atoms with van der Waals surface area (Å²) in [6, 6.07) is 10.4. The fourth-order valence-electron chi connectivity index (χ4n) is 1.83. The molecule has 1 aliphatic rings. The lowest BCUT2D eigenvalue weighted by Crippen LogP contribution is -2.47. The molecule has 1 saturated carbocycles. The Morgan fingerprint density at radius 3 is 2.40 bits per heavy atom. The molecule has 114 valence electrons. The van der Waals surface area contributed by atoms with Crippen LogP contribution in [0.25, 0.3) is 0 Å². The summed E-state index contributed by atoms with van der Waals surface area (Å²) in [5.41, 5.74) is 6.41. The Hall–Kier alpha value is -0.970. The van der Waals surface area contributed by atoms with Crippen LogP contribution in [0, 0.1) is 0 Å². The van der Waals surface area contributed by atoms with E-state index in [0.717, 1.165) is 18.5 Å². The highest BCUT2D eigenvalue weighted by atomic mass is 35.5. The van der Waals surface area contributed by atoms with Crippen LogP contribution < -0.4 is 16.0 Å². The maximum Gasteiger partial charge on any atom is 0.240 e. The molecule has 0 radical (unpaired) electrons. The second-order valence-corrected chi connectivity index (χ2v) is 5.16. The van der Waals surface area contributed by atoms with Gasteiger partial charge in [0.1, 0.15) is 0 Å². The van der Waals surface area contributed by atoms with Crippen molar-refractivity contribution in [3.05, 3.63) is 30.3 Å². The van der Waals surface area contributed by atoms with E-state index in [1.807, 2.05) is 25.2 Å². The van der Waals surface area contributed by atoms with Crippen molar-refractivity contribution in [1.82, 2.24) is 5.32 Å². The monoisotopic (exact) mass is 319 g/mol. The molecule has 6 heteroatoms. The molecule has 1 unspecified atom stereocenters. The molecule has 1 aliphatic carbocycles. The number of carbonyl (C=O) groups is 1. The van der Waals surface area contributed by atoms with E-state index in [-0.39, 0.29) is 36.8 Å². The number of hydrogen-bond acceptors (Lipinski definition) is 3. The molecular weight excluding hydrogens is 297 g/mol. The third kappa shape index (κ3) is 4.54. The summed E-state index contributed by atoms with van der Waals surface area (Å²) >= 11 is 0. The Labute approximate surface area is 132 Å². The maximum atomic E-state index is 11.7. The number of likely N-dealkylation sites (N-methyl/N-ethyl adjacent to an activating group) is 1. The molecule has 1 aromatic carbocycles. The number of amides is 1. The zero-order valence-corrected chi connectivity index (χ0v) is 13.5. The highest BCUT2D eigenvalue weighted by Gasteiger charge is 2.45. The van der Waals surface area contributed by atoms with Gasteiger partial charge in [0.15, 0.2) is 0 Å². The van der Waals surface area contributed by atoms with Crippen LogP contribution in [0.5, 0.6) is 0 Å². The van der Waals surface area contributed by atoms with Crippen molar-refractivity contribution >= 4 is 36.4 Å². The maximum absolute atomic E-state index is 11.7. The van der Waals surface area contributed by atoms with Crippen molar-refractivity contribution in [3.8, 4) is 0 Å². The van der Waals surface area contributed by atoms with Crippen molar-refractivity contribution in [2.24, 2.45) is 5.73 Å². The van der Waals surface area contributed by atoms with Gasteiger partial charge in [-0.05, 0) is 31.9 Å². The van der Waals surface area contributed by atoms with E-state index in [4.69, 9.17) is 5.73 Å². The molecule has 1 amide bonds. The third-order valence-electron chi connectivity index (χ3n) is 3.62. The van der Waals surface area contributed by atoms with Crippen LogP contribution in [-0.4, -0.2) is 31.1 Å². The Bertz CT molecular complexity index is 424. The number of nitrogens with zero attached hydrogens (tertiary/aromatic N) is 1. The van der Waals surface area contributed by atoms with E-state index in [9.17, 15) is 4.79 Å². The average Bonchev–Trinajstić information content (AvgIpc) is 3.15. The van der Waals surface area contributed by atoms with Crippen molar-refractivity contribution < 1.29 is 4.79 Å². The summed E-state index contributed by atoms with van der Waals surface area (Å²) in [5.74, 6) is -0.0178. The molecule has 0 heterocycles. The number of carbonyl (C=O) groups excluding carboxylic acids is 1. The highest BCUT2D eigenvalue weighted by Crippen LogP contribution is 2.32. The largest absolute Gasteiger partial charge is 0.370 e. The number of nitrogens with one attached hydrogen (secondary N) is 1. The molecule has 1 fully saturated rings. The van der Waals surface area contributed by atoms with Gasteiger partial charge in [-0.25, -0.2) is 0 Å². The fraction of sp³-hybridized carbons (Fsp3) is 0.500. The van der Waals surface area contributed by atoms with Gasteiger partial charge in [0.2, 0.25) is 5.91 Å². The number of halogens is 2. The van der Waals surface area contributed by atoms with Crippen LogP contribution in [0.3, 0.4) is 0 Å². The van der Waals surface area contributed by atoms with Crippen molar-refractivity contribution in [1.29, 1.82) is 0 Å². The Morgan fingerprint density at radius 2 is 1.90 bits per heavy atom. The van der Waals surface area contributed by atoms with Crippen LogP contribution in [0.4, 0.5) is 5.69 Å². The molecule has 4 nitrogen and oxygen atoms in total. The van der Waals surface area contributed by atoms with Crippen LogP contribution in [0.1, 0.15) is 19.8 Å². The van der Waals surface area contributed by atoms with Gasteiger partial charge >= 0.3 is 0 Å². The van der Waals surface area contributed by atoms with Gasteiger partial charge in [-0.2, -0.15) is 0 Å². The van der Waals surface area contributed by atoms with Gasteiger partial charge < -0.3 is 16.0 Å². The molecule has 0 saturated heterocycles. The standard InChI is InChI=1S/C14H21N3O.2ClH/c1-11(10-16-13(18)14(15)8-9-14)17(2)12-6-4-3-5-7-12;;/h3-7,11H,8-10,15H2,1-2H3,(H,16,18);2*1H. The Balaban J connectivity index is 0.00000180. The van der Waals surface area contributed by atoms with Gasteiger partial charge in [0, 0.05) is 25.3 Å². The highest BCUT2D eigenvalue weighted by molar-refractivity contribution is 5.89. The number of para-hydroxylation sites is 1. The summed E-state index contributed by atoms with van der Waals surface area (Å²) in [7, 11) is 2.03. The second kappa shape index (κ2) is 7.72. The molecule has 1 aromatic rings. The molecule has 0 bridgehead atoms. The Morgan fingerprint density at radius 1 is 1.35 bits per heavy atom. The van der Waals surface area contributed by atoms with E-state index in [1.165, 1.54) is 0 Å². The topological polar surface area (TPSA) is 58.4 Å². The first-order valence-corrected chi connectivity index (χ1v) is 6.38. The van der Waals surface area contributed by atoms with Gasteiger partial charge in [-0.3, -0.25) is 4.79 Å². The van der Waals surface area contributed by atoms with Gasteiger partial charge in [-0.15, -0.1) is 24.8 Å². The van der Waals surface area contributed by atoms with Gasteiger partial charge in [0.25, 0.3) is 0 Å². The molecule has 0 spiro atoms. The van der Waals surface area contributed by atoms with Gasteiger partial charge in [0.05, 0.1) is 5.54 Å². The third-order valence-corrected chi connectivity index (χ3v) is 3.62. The van der Waals surface area contributed by atoms with E-state index in [0.29, 0.717) is 6.54 Å². The van der Waals surface area contributed by atoms with Crippen molar-refractivity contribution in [2.75, 3.05) is 18.5 Å². The number of nitrogens with two attached hydrogens (primary N) is 1. The Kier molecular flexibility index (Phi) is 7.34. The number of hydrogen-bond donors (Lipinski definition) is 2. The molecule has 0 aliphatic heterocycles. The SMILES string of the molecule is CC(CNC(=O)C1(N)CC1)N(C)c1ccccc1.Cl.Cl. The summed E-state index contributed by atoms with van der Waals surface area (Å²) in [6.45, 7) is 2.70. The minimum absolute atomic E-state index is 0. The van der Waals surface area contributed by atoms with Crippen LogP contribution >= 0.6 is 24.8 Å². The molecule has 20 heavy (non-hydrogen) atoms. The van der Waals surface area contributed by atoms with E-state index >= 15 is 0 Å². The fourth-order valence-corrected chi connectivity index (χ4v) is 1.83. The first-order chi connectivity index (χ1) is 8.53. The predicted octanol–water partition coefficient (Wildman–Crippen LogP) is 1.96. The first kappa shape index (κ1) is 19.0. The molecule has 3 N–H and O–H groups in total. The first-order valence-electron chi connectivity index (χ1n) is 6.38. The lowest BCUT2D eigenvalue weighted by atomic mass is 10.2.